The van der Waals surface area contributed by atoms with Gasteiger partial charge in [-0.25, -0.2) is 0 Å². The van der Waals surface area contributed by atoms with Gasteiger partial charge in [0.1, 0.15) is 0 Å². The Kier molecular flexibility index (Phi) is 4.84. The number of nitrogens with two attached hydrogens (primary N) is 1. The fourth-order valence-corrected chi connectivity index (χ4v) is 2.26. The van der Waals surface area contributed by atoms with Crippen LogP contribution < -0.4 is 15.2 Å². The average Bonchev–Trinajstić information content (AvgIpc) is 2.68. The molecule has 1 aliphatic rings. The highest BCUT2D eigenvalue weighted by molar-refractivity contribution is 5.78. The minimum atomic E-state index is -0.199. The molecule has 1 heterocycles. The molecule has 1 amide bonds. The van der Waals surface area contributed by atoms with Crippen LogP contribution in [0.4, 0.5) is 0 Å². The zero-order valence-corrected chi connectivity index (χ0v) is 12.1. The minimum Gasteiger partial charge on any atom is -0.490 e. The number of hydrogen-bond donors (Lipinski definition) is 1. The van der Waals surface area contributed by atoms with Gasteiger partial charge in [-0.05, 0) is 24.1 Å². The Labute approximate surface area is 119 Å². The summed E-state index contributed by atoms with van der Waals surface area (Å²) >= 11 is 0. The molecule has 2 N–H and O–H groups in total. The fraction of sp³-hybridized carbons (Fsp3) is 0.533. The van der Waals surface area contributed by atoms with Crippen molar-refractivity contribution < 1.29 is 14.3 Å². The lowest BCUT2D eigenvalue weighted by Gasteiger charge is -2.19. The van der Waals surface area contributed by atoms with E-state index in [1.165, 1.54) is 0 Å². The molecular weight excluding hydrogens is 256 g/mol. The van der Waals surface area contributed by atoms with E-state index < -0.39 is 0 Å². The molecule has 0 bridgehead atoms. The second-order valence-corrected chi connectivity index (χ2v) is 5.20. The molecule has 2 rings (SSSR count). The number of amides is 1. The second-order valence-electron chi connectivity index (χ2n) is 5.20. The van der Waals surface area contributed by atoms with Crippen LogP contribution in [0.1, 0.15) is 12.0 Å². The van der Waals surface area contributed by atoms with Crippen molar-refractivity contribution in [2.24, 2.45) is 11.7 Å². The molecular formula is C15H22N2O3. The van der Waals surface area contributed by atoms with E-state index in [0.717, 1.165) is 23.5 Å². The van der Waals surface area contributed by atoms with Crippen LogP contribution in [0.5, 0.6) is 11.5 Å². The lowest BCUT2D eigenvalue weighted by Crippen LogP contribution is -2.35. The first-order valence-electron chi connectivity index (χ1n) is 6.91. The molecule has 1 aliphatic heterocycles. The molecule has 1 unspecified atom stereocenters. The van der Waals surface area contributed by atoms with Gasteiger partial charge < -0.3 is 20.1 Å². The third-order valence-electron chi connectivity index (χ3n) is 3.37. The van der Waals surface area contributed by atoms with Gasteiger partial charge in [0, 0.05) is 27.1 Å². The topological polar surface area (TPSA) is 64.8 Å². The highest BCUT2D eigenvalue weighted by atomic mass is 16.5. The van der Waals surface area contributed by atoms with Crippen molar-refractivity contribution in [3.8, 4) is 11.5 Å². The van der Waals surface area contributed by atoms with Crippen molar-refractivity contribution in [2.75, 3.05) is 33.9 Å². The van der Waals surface area contributed by atoms with E-state index in [2.05, 4.69) is 0 Å². The van der Waals surface area contributed by atoms with Gasteiger partial charge in [-0.15, -0.1) is 0 Å². The Morgan fingerprint density at radius 3 is 2.65 bits per heavy atom. The van der Waals surface area contributed by atoms with Crippen molar-refractivity contribution in [1.29, 1.82) is 0 Å². The van der Waals surface area contributed by atoms with E-state index >= 15 is 0 Å². The molecule has 0 spiro atoms. The van der Waals surface area contributed by atoms with E-state index in [1.807, 2.05) is 18.2 Å². The number of rotatable bonds is 4. The molecule has 1 aromatic carbocycles. The molecule has 0 saturated heterocycles. The molecule has 0 aromatic heterocycles. The van der Waals surface area contributed by atoms with E-state index in [9.17, 15) is 4.79 Å². The predicted octanol–water partition coefficient (Wildman–Crippen LogP) is 1.05. The normalized spacial score (nSPS) is 15.3. The van der Waals surface area contributed by atoms with Gasteiger partial charge in [-0.1, -0.05) is 6.07 Å². The van der Waals surface area contributed by atoms with Crippen LogP contribution in [-0.4, -0.2) is 44.7 Å². The largest absolute Gasteiger partial charge is 0.490 e. The Morgan fingerprint density at radius 2 is 2.00 bits per heavy atom. The molecule has 0 radical (unpaired) electrons. The quantitative estimate of drug-likeness (QED) is 0.894. The highest BCUT2D eigenvalue weighted by Gasteiger charge is 2.20. The Bertz CT molecular complexity index is 474. The van der Waals surface area contributed by atoms with Crippen molar-refractivity contribution in [2.45, 2.75) is 12.8 Å². The van der Waals surface area contributed by atoms with Crippen LogP contribution in [0.3, 0.4) is 0 Å². The maximum absolute atomic E-state index is 12.0. The molecule has 1 aromatic rings. The number of carbonyl (C=O) groups is 1. The maximum atomic E-state index is 12.0. The van der Waals surface area contributed by atoms with Gasteiger partial charge in [0.2, 0.25) is 5.91 Å². The molecule has 5 heteroatoms. The van der Waals surface area contributed by atoms with Crippen molar-refractivity contribution in [1.82, 2.24) is 4.90 Å². The molecule has 0 saturated carbocycles. The molecule has 20 heavy (non-hydrogen) atoms. The summed E-state index contributed by atoms with van der Waals surface area (Å²) in [7, 11) is 3.50. The summed E-state index contributed by atoms with van der Waals surface area (Å²) in [5.41, 5.74) is 6.76. The van der Waals surface area contributed by atoms with Crippen molar-refractivity contribution in [3.05, 3.63) is 23.8 Å². The lowest BCUT2D eigenvalue weighted by molar-refractivity contribution is -0.132. The van der Waals surface area contributed by atoms with E-state index in [4.69, 9.17) is 15.2 Å². The smallest absolute Gasteiger partial charge is 0.226 e. The first-order chi connectivity index (χ1) is 9.61. The Balaban J connectivity index is 2.13. The van der Waals surface area contributed by atoms with Gasteiger partial charge in [0.05, 0.1) is 19.1 Å². The number of hydrogen-bond acceptors (Lipinski definition) is 4. The summed E-state index contributed by atoms with van der Waals surface area (Å²) in [5, 5.41) is 0. The Hall–Kier alpha value is -1.75. The Morgan fingerprint density at radius 1 is 1.30 bits per heavy atom. The number of benzene rings is 1. The highest BCUT2D eigenvalue weighted by Crippen LogP contribution is 2.31. The van der Waals surface area contributed by atoms with Gasteiger partial charge in [0.25, 0.3) is 0 Å². The molecule has 1 atom stereocenters. The number of carbonyl (C=O) groups excluding carboxylic acids is 1. The van der Waals surface area contributed by atoms with Crippen LogP contribution >= 0.6 is 0 Å². The maximum Gasteiger partial charge on any atom is 0.226 e. The first kappa shape index (κ1) is 14.7. The second kappa shape index (κ2) is 6.61. The van der Waals surface area contributed by atoms with Crippen LogP contribution in [0.25, 0.3) is 0 Å². The predicted molar refractivity (Wildman–Crippen MR) is 77.0 cm³/mol. The third-order valence-corrected chi connectivity index (χ3v) is 3.37. The van der Waals surface area contributed by atoms with Gasteiger partial charge in [0.15, 0.2) is 11.5 Å². The van der Waals surface area contributed by atoms with Crippen LogP contribution in [0, 0.1) is 5.92 Å². The number of nitrogens with zero attached hydrogens (tertiary/aromatic N) is 1. The van der Waals surface area contributed by atoms with E-state index in [1.54, 1.807) is 19.0 Å². The van der Waals surface area contributed by atoms with Crippen molar-refractivity contribution >= 4 is 5.91 Å². The van der Waals surface area contributed by atoms with Gasteiger partial charge in [-0.2, -0.15) is 0 Å². The summed E-state index contributed by atoms with van der Waals surface area (Å²) in [4.78, 5) is 13.6. The summed E-state index contributed by atoms with van der Waals surface area (Å²) in [5.74, 6) is 1.39. The fourth-order valence-electron chi connectivity index (χ4n) is 2.26. The molecule has 0 fully saturated rings. The zero-order valence-electron chi connectivity index (χ0n) is 12.1. The summed E-state index contributed by atoms with van der Waals surface area (Å²) in [6.07, 6.45) is 1.50. The first-order valence-corrected chi connectivity index (χ1v) is 6.91. The summed E-state index contributed by atoms with van der Waals surface area (Å²) < 4.78 is 11.3. The monoisotopic (exact) mass is 278 g/mol. The number of ether oxygens (including phenoxy) is 2. The van der Waals surface area contributed by atoms with E-state index in [-0.39, 0.29) is 11.8 Å². The average molecular weight is 278 g/mol. The zero-order chi connectivity index (χ0) is 14.5. The van der Waals surface area contributed by atoms with Crippen LogP contribution in [0.15, 0.2) is 18.2 Å². The molecule has 0 aliphatic carbocycles. The van der Waals surface area contributed by atoms with Gasteiger partial charge >= 0.3 is 0 Å². The number of fused-ring (bicyclic) bond motifs is 1. The third kappa shape index (κ3) is 3.42. The summed E-state index contributed by atoms with van der Waals surface area (Å²) in [6.45, 7) is 1.68. The summed E-state index contributed by atoms with van der Waals surface area (Å²) in [6, 6.07) is 5.83. The van der Waals surface area contributed by atoms with Crippen LogP contribution in [-0.2, 0) is 11.2 Å². The lowest BCUT2D eigenvalue weighted by atomic mass is 9.98. The van der Waals surface area contributed by atoms with Crippen molar-refractivity contribution in [3.63, 3.8) is 0 Å². The molecule has 5 nitrogen and oxygen atoms in total. The van der Waals surface area contributed by atoms with E-state index in [0.29, 0.717) is 26.2 Å². The van der Waals surface area contributed by atoms with Crippen LogP contribution in [0.2, 0.25) is 0 Å². The molecule has 110 valence electrons. The minimum absolute atomic E-state index is 0.0552. The van der Waals surface area contributed by atoms with Gasteiger partial charge in [-0.3, -0.25) is 4.79 Å². The standard InChI is InChI=1S/C15H22N2O3/c1-17(2)15(18)12(10-16)8-11-4-5-13-14(9-11)20-7-3-6-19-13/h4-5,9,12H,3,6-8,10,16H2,1-2H3. The SMILES string of the molecule is CN(C)C(=O)C(CN)Cc1ccc2c(c1)OCCCO2.